The van der Waals surface area contributed by atoms with Crippen molar-refractivity contribution in [1.29, 1.82) is 5.26 Å². The molecule has 27 heavy (non-hydrogen) atoms. The molecule has 0 unspecified atom stereocenters. The number of hydrogen-bond acceptors (Lipinski definition) is 1. The van der Waals surface area contributed by atoms with Crippen LogP contribution in [0, 0.1) is 10.2 Å². The minimum absolute atomic E-state index is 0.871. The summed E-state index contributed by atoms with van der Waals surface area (Å²) in [5, 5.41) is 7.26. The molecule has 0 fully saturated rings. The summed E-state index contributed by atoms with van der Waals surface area (Å²) >= 11 is 2.11. The molecule has 0 saturated heterocycles. The third-order valence-electron chi connectivity index (χ3n) is 4.02. The summed E-state index contributed by atoms with van der Waals surface area (Å²) in [6.45, 7) is 0. The number of rotatable bonds is 3. The summed E-state index contributed by atoms with van der Waals surface area (Å²) in [4.78, 5) is 1.62. The van der Waals surface area contributed by atoms with E-state index in [-0.39, 0.29) is 0 Å². The second-order valence-electron chi connectivity index (χ2n) is 5.76. The second kappa shape index (κ2) is 9.50. The molecule has 0 amide bonds. The molecule has 0 N–H and O–H groups in total. The van der Waals surface area contributed by atoms with Gasteiger partial charge in [0.15, 0.2) is 0 Å². The van der Waals surface area contributed by atoms with Crippen LogP contribution < -0.4 is 0 Å². The summed E-state index contributed by atoms with van der Waals surface area (Å²) in [6.07, 6.45) is 0. The van der Waals surface area contributed by atoms with Gasteiger partial charge in [-0.15, -0.1) is 0 Å². The molecule has 0 aliphatic heterocycles. The van der Waals surface area contributed by atoms with Gasteiger partial charge in [-0.3, -0.25) is 0 Å². The van der Waals surface area contributed by atoms with Gasteiger partial charge >= 0.3 is 37.8 Å². The molecule has 0 spiro atoms. The number of nitrogens with zero attached hydrogens (tertiary/aromatic N) is 1. The van der Waals surface area contributed by atoms with Crippen molar-refractivity contribution in [3.63, 3.8) is 0 Å². The molecule has 0 aliphatic rings. The maximum Gasteiger partial charge on any atom is 0.361 e. The summed E-state index contributed by atoms with van der Waals surface area (Å²) in [5.41, 5.74) is 4.49. The molecule has 1 aromatic heterocycles. The Morgan fingerprint density at radius 2 is 0.889 bits per heavy atom. The number of benzene rings is 3. The maximum atomic E-state index is 7.26. The standard InChI is InChI=1S/C23H17O.CHNSe/c1-4-10-18(11-5-1)21-16-22(19-12-6-2-7-13-19)24-23(17-21)20-14-8-3-9-15-20;2-1-3/h1-17H;3H/q+1;/p-1. The monoisotopic (exact) mass is 415 g/mol. The molecule has 0 aliphatic carbocycles. The van der Waals surface area contributed by atoms with Gasteiger partial charge in [-0.1, -0.05) is 66.7 Å². The Kier molecular flexibility index (Phi) is 6.55. The quantitative estimate of drug-likeness (QED) is 0.296. The zero-order valence-corrected chi connectivity index (χ0v) is 16.3. The fourth-order valence-corrected chi connectivity index (χ4v) is 2.79. The molecule has 130 valence electrons. The Labute approximate surface area is 167 Å². The van der Waals surface area contributed by atoms with Crippen LogP contribution in [0.5, 0.6) is 0 Å². The molecule has 4 rings (SSSR count). The molecule has 3 heteroatoms. The smallest absolute Gasteiger partial charge is 0.207 e. The van der Waals surface area contributed by atoms with Crippen molar-refractivity contribution in [3.05, 3.63) is 103 Å². The van der Waals surface area contributed by atoms with Gasteiger partial charge in [-0.2, -0.15) is 0 Å². The molecular weight excluding hydrogens is 397 g/mol. The van der Waals surface area contributed by atoms with Gasteiger partial charge in [0.25, 0.3) is 0 Å². The van der Waals surface area contributed by atoms with Gasteiger partial charge in [0, 0.05) is 5.56 Å². The van der Waals surface area contributed by atoms with Crippen molar-refractivity contribution in [2.24, 2.45) is 0 Å². The molecular formula is C24H17NOSe. The van der Waals surface area contributed by atoms with E-state index in [0.29, 0.717) is 0 Å². The normalized spacial score (nSPS) is 9.59. The van der Waals surface area contributed by atoms with Crippen molar-refractivity contribution >= 4 is 16.0 Å². The second-order valence-corrected chi connectivity index (χ2v) is 6.15. The van der Waals surface area contributed by atoms with Gasteiger partial charge in [0.2, 0.25) is 0 Å². The third kappa shape index (κ3) is 4.92. The van der Waals surface area contributed by atoms with Crippen LogP contribution in [0.25, 0.3) is 33.8 Å². The summed E-state index contributed by atoms with van der Waals surface area (Å²) in [7, 11) is 0. The minimum atomic E-state index is 0.871. The van der Waals surface area contributed by atoms with Gasteiger partial charge < -0.3 is 0 Å². The molecule has 1 heterocycles. The van der Waals surface area contributed by atoms with Gasteiger partial charge in [-0.05, 0) is 29.8 Å². The Morgan fingerprint density at radius 3 is 1.26 bits per heavy atom. The van der Waals surface area contributed by atoms with E-state index in [2.05, 4.69) is 76.7 Å². The third-order valence-corrected chi connectivity index (χ3v) is 4.02. The molecule has 0 bridgehead atoms. The predicted molar refractivity (Wildman–Crippen MR) is 111 cm³/mol. The van der Waals surface area contributed by atoms with E-state index in [4.69, 9.17) is 9.68 Å². The average molecular weight is 414 g/mol. The van der Waals surface area contributed by atoms with Crippen LogP contribution in [0.4, 0.5) is 0 Å². The van der Waals surface area contributed by atoms with Crippen molar-refractivity contribution in [2.75, 3.05) is 0 Å². The summed E-state index contributed by atoms with van der Waals surface area (Å²) in [5.74, 6) is 1.74. The molecule has 4 aromatic rings. The Balaban J connectivity index is 0.000000659. The van der Waals surface area contributed by atoms with E-state index in [0.717, 1.165) is 28.2 Å². The first-order chi connectivity index (χ1) is 13.3. The van der Waals surface area contributed by atoms with Crippen molar-refractivity contribution in [1.82, 2.24) is 0 Å². The van der Waals surface area contributed by atoms with Crippen LogP contribution in [0.3, 0.4) is 0 Å². The minimum Gasteiger partial charge on any atom is -0.207 e. The van der Waals surface area contributed by atoms with Crippen LogP contribution in [0.2, 0.25) is 0 Å². The zero-order chi connectivity index (χ0) is 18.9. The Hall–Kier alpha value is -3.18. The van der Waals surface area contributed by atoms with Crippen LogP contribution in [0.15, 0.2) is 108 Å². The zero-order valence-electron chi connectivity index (χ0n) is 14.6. The molecule has 2 nitrogen and oxygen atoms in total. The van der Waals surface area contributed by atoms with E-state index in [1.165, 1.54) is 5.56 Å². The number of nitriles is 1. The first-order valence-corrected chi connectivity index (χ1v) is 9.33. The largest absolute Gasteiger partial charge is 0.361 e. The van der Waals surface area contributed by atoms with Crippen molar-refractivity contribution < 1.29 is 4.42 Å². The van der Waals surface area contributed by atoms with Gasteiger partial charge in [-0.25, -0.2) is 4.42 Å². The van der Waals surface area contributed by atoms with Crippen LogP contribution in [-0.4, -0.2) is 16.0 Å². The first-order valence-electron chi connectivity index (χ1n) is 8.47. The number of hydrogen-bond donors (Lipinski definition) is 0. The molecule has 0 saturated carbocycles. The van der Waals surface area contributed by atoms with Gasteiger partial charge in [0.1, 0.15) is 0 Å². The average Bonchev–Trinajstić information content (AvgIpc) is 2.76. The van der Waals surface area contributed by atoms with E-state index < -0.39 is 0 Å². The van der Waals surface area contributed by atoms with E-state index in [1.807, 2.05) is 42.5 Å². The summed E-state index contributed by atoms with van der Waals surface area (Å²) in [6, 6.07) is 35.1. The molecule has 0 radical (unpaired) electrons. The summed E-state index contributed by atoms with van der Waals surface area (Å²) < 4.78 is 6.21. The Morgan fingerprint density at radius 1 is 0.556 bits per heavy atom. The van der Waals surface area contributed by atoms with E-state index >= 15 is 0 Å². The van der Waals surface area contributed by atoms with Crippen molar-refractivity contribution in [2.45, 2.75) is 0 Å². The Bertz CT molecular complexity index is 887. The fraction of sp³-hybridized carbons (Fsp3) is 0. The van der Waals surface area contributed by atoms with Crippen LogP contribution >= 0.6 is 0 Å². The molecule has 3 aromatic carbocycles. The predicted octanol–water partition coefficient (Wildman–Crippen LogP) is 6.20. The van der Waals surface area contributed by atoms with Crippen LogP contribution in [-0.2, 0) is 0 Å². The molecule has 0 atom stereocenters. The fourth-order valence-electron chi connectivity index (χ4n) is 2.79. The van der Waals surface area contributed by atoms with E-state index in [1.54, 1.807) is 4.97 Å². The van der Waals surface area contributed by atoms with Crippen LogP contribution in [0.1, 0.15) is 0 Å². The van der Waals surface area contributed by atoms with Crippen molar-refractivity contribution in [3.8, 4) is 38.7 Å². The van der Waals surface area contributed by atoms with Gasteiger partial charge in [0.05, 0.1) is 23.3 Å². The first kappa shape index (κ1) is 18.6. The maximum absolute atomic E-state index is 7.26. The van der Waals surface area contributed by atoms with E-state index in [9.17, 15) is 0 Å². The topological polar surface area (TPSA) is 35.1 Å². The SMILES string of the molecule is N#C[Se-].c1ccc(-c2cc(-c3ccccc3)[o+]c(-c3ccccc3)c2)cc1.